The van der Waals surface area contributed by atoms with Crippen LogP contribution in [0.25, 0.3) is 0 Å². The van der Waals surface area contributed by atoms with Crippen LogP contribution in [0.2, 0.25) is 0 Å². The summed E-state index contributed by atoms with van der Waals surface area (Å²) in [6.07, 6.45) is 16.2. The summed E-state index contributed by atoms with van der Waals surface area (Å²) < 4.78 is 0. The fraction of sp³-hybridized carbons (Fsp3) is 0.852. The van der Waals surface area contributed by atoms with Gasteiger partial charge in [0.2, 0.25) is 5.60 Å². The molecule has 0 bridgehead atoms. The van der Waals surface area contributed by atoms with Crippen molar-refractivity contribution in [3.63, 3.8) is 0 Å². The molecule has 0 amide bonds. The Balaban J connectivity index is -0.000000367. The monoisotopic (exact) mass is 574 g/mol. The maximum Gasteiger partial charge on any atom is 2.00 e. The van der Waals surface area contributed by atoms with Gasteiger partial charge in [-0.3, -0.25) is 4.79 Å². The maximum atomic E-state index is 11.6. The predicted molar refractivity (Wildman–Crippen MR) is 142 cm³/mol. The van der Waals surface area contributed by atoms with Crippen LogP contribution in [0.3, 0.4) is 0 Å². The van der Waals surface area contributed by atoms with Gasteiger partial charge in [-0.2, -0.15) is 0 Å². The molecule has 0 aliphatic rings. The Morgan fingerprint density at radius 3 is 1.11 bits per heavy atom. The van der Waals surface area contributed by atoms with E-state index in [9.17, 15) is 34.5 Å². The van der Waals surface area contributed by atoms with Gasteiger partial charge in [-0.15, -0.1) is 0 Å². The number of carbonyl (C=O) groups is 4. The summed E-state index contributed by atoms with van der Waals surface area (Å²) in [5.41, 5.74) is -2.23. The summed E-state index contributed by atoms with van der Waals surface area (Å²) in [5, 5.41) is 52.9. The average Bonchev–Trinajstić information content (AvgIpc) is 2.81. The minimum Gasteiger partial charge on any atom is -0.547 e. The largest absolute Gasteiger partial charge is 2.00 e. The minimum absolute atomic E-state index is 0. The minimum atomic E-state index is -2.23. The number of unbranched alkanes of at least 4 members (excludes halogenated alkanes) is 14. The van der Waals surface area contributed by atoms with E-state index >= 15 is 0 Å². The molecule has 0 heterocycles. The Bertz CT molecular complexity index is 589. The molecule has 0 fully saturated rings. The third-order valence-electron chi connectivity index (χ3n) is 5.65. The van der Waals surface area contributed by atoms with Crippen LogP contribution in [0.15, 0.2) is 0 Å². The van der Waals surface area contributed by atoms with Crippen molar-refractivity contribution < 1.29 is 49.8 Å². The molecule has 0 aromatic heterocycles. The Labute approximate surface area is 258 Å². The van der Waals surface area contributed by atoms with Crippen LogP contribution in [0, 0.1) is 0 Å². The van der Waals surface area contributed by atoms with Gasteiger partial charge in [0, 0.05) is 6.42 Å². The van der Waals surface area contributed by atoms with Gasteiger partial charge < -0.3 is 40.2 Å². The number of hydrogen-bond donors (Lipinski definition) is 4. The second-order valence-electron chi connectivity index (χ2n) is 9.49. The second-order valence-corrected chi connectivity index (χ2v) is 9.49. The number of ketones is 1. The summed E-state index contributed by atoms with van der Waals surface area (Å²) in [7, 11) is 0. The molecule has 3 atom stereocenters. The van der Waals surface area contributed by atoms with Gasteiger partial charge in [0.15, 0.2) is 5.78 Å². The molecule has 0 aliphatic heterocycles. The molecular weight excluding hydrogens is 524 g/mol. The Morgan fingerprint density at radius 1 is 0.658 bits per heavy atom. The number of rotatable bonds is 20. The van der Waals surface area contributed by atoms with E-state index in [2.05, 4.69) is 6.92 Å². The molecule has 11 heteroatoms. The van der Waals surface area contributed by atoms with Crippen molar-refractivity contribution >= 4 is 61.4 Å². The summed E-state index contributed by atoms with van der Waals surface area (Å²) >= 11 is 0. The first-order valence-electron chi connectivity index (χ1n) is 13.5. The first-order valence-corrected chi connectivity index (χ1v) is 13.5. The number of Topliss-reactive ketones (excluding diaryl/α,β-unsaturated/α-hetero) is 1. The van der Waals surface area contributed by atoms with E-state index in [0.29, 0.717) is 6.42 Å². The Morgan fingerprint density at radius 2 is 0.895 bits per heavy atom. The third kappa shape index (κ3) is 31.4. The number of hydrogen-bond acceptors (Lipinski definition) is 9. The summed E-state index contributed by atoms with van der Waals surface area (Å²) in [6.45, 7) is 5.58. The number of carboxylic acids is 3. The fourth-order valence-electron chi connectivity index (χ4n) is 3.02. The molecule has 4 N–H and O–H groups in total. The second kappa shape index (κ2) is 29.2. The van der Waals surface area contributed by atoms with Crippen LogP contribution in [0.5, 0.6) is 0 Å². The molecule has 0 saturated carbocycles. The molecule has 3 unspecified atom stereocenters. The first kappa shape index (κ1) is 44.2. The van der Waals surface area contributed by atoms with Crippen molar-refractivity contribution in [2.75, 3.05) is 0 Å². The van der Waals surface area contributed by atoms with Gasteiger partial charge >= 0.3 is 43.7 Å². The number of aliphatic carboxylic acids is 3. The molecule has 0 aromatic rings. The summed E-state index contributed by atoms with van der Waals surface area (Å²) in [4.78, 5) is 41.0. The molecule has 0 rings (SSSR count). The summed E-state index contributed by atoms with van der Waals surface area (Å²) in [5.74, 6) is -4.92. The number of aliphatic hydroxyl groups excluding tert-OH is 2. The molecule has 0 aromatic carbocycles. The molecule has 0 radical (unpaired) electrons. The van der Waals surface area contributed by atoms with Crippen molar-refractivity contribution in [2.24, 2.45) is 0 Å². The van der Waals surface area contributed by atoms with Gasteiger partial charge in [-0.1, -0.05) is 96.8 Å². The zero-order chi connectivity index (χ0) is 29.3. The molecule has 38 heavy (non-hydrogen) atoms. The smallest absolute Gasteiger partial charge is 0.547 e. The van der Waals surface area contributed by atoms with E-state index in [1.807, 2.05) is 0 Å². The van der Waals surface area contributed by atoms with Crippen molar-refractivity contribution in [3.05, 3.63) is 0 Å². The van der Waals surface area contributed by atoms with E-state index in [4.69, 9.17) is 15.3 Å². The van der Waals surface area contributed by atoms with E-state index in [0.717, 1.165) is 33.6 Å². The van der Waals surface area contributed by atoms with Crippen LogP contribution < -0.4 is 10.2 Å². The van der Waals surface area contributed by atoms with Crippen LogP contribution >= 0.6 is 0 Å². The zero-order valence-electron chi connectivity index (χ0n) is 23.9. The maximum absolute atomic E-state index is 11.6. The van der Waals surface area contributed by atoms with Crippen molar-refractivity contribution in [2.45, 2.75) is 148 Å². The van der Waals surface area contributed by atoms with Crippen LogP contribution in [-0.4, -0.2) is 99.7 Å². The van der Waals surface area contributed by atoms with Crippen LogP contribution in [0.1, 0.15) is 130 Å². The Hall–Kier alpha value is -0.780. The molecule has 0 aliphatic carbocycles. The topological polar surface area (TPSA) is 195 Å². The number of carbonyl (C=O) groups excluding carboxylic acids is 3. The molecule has 220 valence electrons. The van der Waals surface area contributed by atoms with E-state index in [1.165, 1.54) is 77.0 Å². The predicted octanol–water partition coefficient (Wildman–Crippen LogP) is 1.51. The standard InChI is InChI=1S/C21H40O4.2C3H6O3.Ca/c1-3-4-5-6-7-8-9-10-11-12-13-14-15-16-17-18-19(22)21(2,25)20(23)24;2*1-2(4)3(5)6;/h25H,3-18H2,1-2H3,(H,23,24);2*2,4H,1H3,(H,5,6);/q;;;+2/p-2. The number of carboxylic acid groups (broad SMARTS) is 3. The van der Waals surface area contributed by atoms with Gasteiger partial charge in [-0.25, -0.2) is 4.79 Å². The van der Waals surface area contributed by atoms with Gasteiger partial charge in [-0.05, 0) is 27.2 Å². The van der Waals surface area contributed by atoms with Crippen molar-refractivity contribution in [1.29, 1.82) is 0 Å². The van der Waals surface area contributed by atoms with E-state index in [-0.39, 0.29) is 44.2 Å². The van der Waals surface area contributed by atoms with Crippen LogP contribution in [-0.2, 0) is 19.2 Å². The third-order valence-corrected chi connectivity index (χ3v) is 5.65. The fourth-order valence-corrected chi connectivity index (χ4v) is 3.02. The quantitative estimate of drug-likeness (QED) is 0.0940. The Kier molecular flexibility index (Phi) is 34.0. The van der Waals surface area contributed by atoms with Crippen molar-refractivity contribution in [1.82, 2.24) is 0 Å². The summed E-state index contributed by atoms with van der Waals surface area (Å²) in [6, 6.07) is 0. The van der Waals surface area contributed by atoms with Crippen LogP contribution in [0.4, 0.5) is 0 Å². The van der Waals surface area contributed by atoms with Gasteiger partial charge in [0.05, 0.1) is 24.1 Å². The first-order chi connectivity index (χ1) is 17.2. The average molecular weight is 575 g/mol. The normalized spacial score (nSPS) is 13.2. The molecule has 0 spiro atoms. The zero-order valence-corrected chi connectivity index (χ0v) is 26.1. The van der Waals surface area contributed by atoms with Crippen molar-refractivity contribution in [3.8, 4) is 0 Å². The van der Waals surface area contributed by atoms with Gasteiger partial charge in [0.1, 0.15) is 0 Å². The van der Waals surface area contributed by atoms with Gasteiger partial charge in [0.25, 0.3) is 0 Å². The molecular formula is C27H50CaO10. The van der Waals surface area contributed by atoms with E-state index in [1.54, 1.807) is 0 Å². The number of aliphatic hydroxyl groups is 3. The SMILES string of the molecule is CC(O)C(=O)[O-].CC(O)C(=O)[O-].CCCCCCCCCCCCCCCCCC(=O)C(C)(O)C(=O)O.[Ca+2]. The molecule has 10 nitrogen and oxygen atoms in total. The molecule has 0 saturated heterocycles. The van der Waals surface area contributed by atoms with E-state index < -0.39 is 41.5 Å².